The van der Waals surface area contributed by atoms with Crippen LogP contribution in [0.3, 0.4) is 0 Å². The molecule has 0 bridgehead atoms. The highest BCUT2D eigenvalue weighted by Gasteiger charge is 2.18. The summed E-state index contributed by atoms with van der Waals surface area (Å²) in [5.74, 6) is 0.646. The largest absolute Gasteiger partial charge is 0.339 e. The summed E-state index contributed by atoms with van der Waals surface area (Å²) >= 11 is 1.62. The summed E-state index contributed by atoms with van der Waals surface area (Å²) in [6.45, 7) is 0.304. The molecule has 4 aromatic rings. The van der Waals surface area contributed by atoms with E-state index in [-0.39, 0.29) is 9.79 Å². The van der Waals surface area contributed by atoms with E-state index in [1.54, 1.807) is 66.5 Å². The highest BCUT2D eigenvalue weighted by molar-refractivity contribution is 7.98. The molecular weight excluding hydrogens is 527 g/mol. The number of nitrogens with one attached hydrogen (secondary N) is 1. The highest BCUT2D eigenvalue weighted by atomic mass is 32.2. The van der Waals surface area contributed by atoms with Gasteiger partial charge in [-0.15, -0.1) is 11.8 Å². The Morgan fingerprint density at radius 2 is 1.38 bits per heavy atom. The highest BCUT2D eigenvalue weighted by Crippen LogP contribution is 2.33. The molecule has 0 aliphatic rings. The number of hydrogen-bond donors (Lipinski definition) is 1. The Balaban J connectivity index is 1.82. The number of para-hydroxylation sites is 1. The van der Waals surface area contributed by atoms with Crippen molar-refractivity contribution in [2.75, 3.05) is 29.0 Å². The Morgan fingerprint density at radius 1 is 0.784 bits per heavy atom. The molecule has 1 aromatic heterocycles. The molecular formula is C27H27N3O4S3. The van der Waals surface area contributed by atoms with E-state index in [2.05, 4.69) is 10.3 Å². The maximum Gasteiger partial charge on any atom is 0.175 e. The minimum atomic E-state index is -3.45. The van der Waals surface area contributed by atoms with Crippen molar-refractivity contribution in [3.63, 3.8) is 0 Å². The molecule has 0 amide bonds. The zero-order chi connectivity index (χ0) is 26.6. The number of aromatic nitrogens is 1. The van der Waals surface area contributed by atoms with E-state index in [4.69, 9.17) is 0 Å². The van der Waals surface area contributed by atoms with Crippen LogP contribution in [0.25, 0.3) is 0 Å². The first-order valence-electron chi connectivity index (χ1n) is 11.3. The molecule has 1 N–H and O–H groups in total. The summed E-state index contributed by atoms with van der Waals surface area (Å²) in [6.07, 6.45) is 6.03. The third-order valence-corrected chi connectivity index (χ3v) is 8.71. The smallest absolute Gasteiger partial charge is 0.175 e. The average Bonchev–Trinajstić information content (AvgIpc) is 2.87. The molecule has 0 spiro atoms. The SMILES string of the molecule is CSc1ccccc1Nc1ncccc1CN(c1cccc(S(C)(=O)=O)c1)c1cccc(S(C)(=O)=O)c1. The summed E-state index contributed by atoms with van der Waals surface area (Å²) in [4.78, 5) is 7.86. The Bertz CT molecular complexity index is 1560. The van der Waals surface area contributed by atoms with Crippen LogP contribution in [-0.2, 0) is 26.2 Å². The number of thioether (sulfide) groups is 1. The van der Waals surface area contributed by atoms with E-state index >= 15 is 0 Å². The molecule has 4 rings (SSSR count). The van der Waals surface area contributed by atoms with Crippen molar-refractivity contribution in [1.29, 1.82) is 0 Å². The average molecular weight is 554 g/mol. The van der Waals surface area contributed by atoms with Gasteiger partial charge >= 0.3 is 0 Å². The van der Waals surface area contributed by atoms with Gasteiger partial charge in [-0.3, -0.25) is 0 Å². The third-order valence-electron chi connectivity index (χ3n) is 5.69. The van der Waals surface area contributed by atoms with Gasteiger partial charge in [0, 0.05) is 40.5 Å². The first-order chi connectivity index (χ1) is 17.6. The lowest BCUT2D eigenvalue weighted by Crippen LogP contribution is -2.18. The number of sulfone groups is 2. The second kappa shape index (κ2) is 11.0. The number of rotatable bonds is 9. The predicted octanol–water partition coefficient (Wildman–Crippen LogP) is 5.69. The molecule has 0 atom stereocenters. The van der Waals surface area contributed by atoms with E-state index in [0.717, 1.165) is 28.7 Å². The monoisotopic (exact) mass is 553 g/mol. The molecule has 0 radical (unpaired) electrons. The van der Waals surface area contributed by atoms with Gasteiger partial charge < -0.3 is 10.2 Å². The molecule has 10 heteroatoms. The van der Waals surface area contributed by atoms with Crippen LogP contribution in [0.2, 0.25) is 0 Å². The van der Waals surface area contributed by atoms with Crippen LogP contribution >= 0.6 is 11.8 Å². The standard InChI is InChI=1S/C27H27N3O4S3/c1-35-26-15-5-4-14-25(26)29-27-20(9-8-16-28-27)19-30(21-10-6-12-23(17-21)36(2,31)32)22-11-7-13-24(18-22)37(3,33)34/h4-18H,19H2,1-3H3,(H,28,29). The van der Waals surface area contributed by atoms with Crippen LogP contribution in [0.1, 0.15) is 5.56 Å². The zero-order valence-corrected chi connectivity index (χ0v) is 23.1. The van der Waals surface area contributed by atoms with Crippen molar-refractivity contribution in [1.82, 2.24) is 4.98 Å². The molecule has 0 saturated carbocycles. The number of nitrogens with zero attached hydrogens (tertiary/aromatic N) is 2. The maximum absolute atomic E-state index is 12.3. The predicted molar refractivity (Wildman–Crippen MR) is 151 cm³/mol. The number of anilines is 4. The van der Waals surface area contributed by atoms with E-state index in [1.807, 2.05) is 47.6 Å². The van der Waals surface area contributed by atoms with Crippen molar-refractivity contribution in [2.24, 2.45) is 0 Å². The van der Waals surface area contributed by atoms with Gasteiger partial charge in [-0.1, -0.05) is 30.3 Å². The lowest BCUT2D eigenvalue weighted by Gasteiger charge is -2.27. The van der Waals surface area contributed by atoms with Crippen LogP contribution in [0.4, 0.5) is 22.9 Å². The number of hydrogen-bond acceptors (Lipinski definition) is 8. The van der Waals surface area contributed by atoms with Crippen LogP contribution in [0, 0.1) is 0 Å². The fraction of sp³-hybridized carbons (Fsp3) is 0.148. The summed E-state index contributed by atoms with van der Waals surface area (Å²) < 4.78 is 49.1. The molecule has 1 heterocycles. The van der Waals surface area contributed by atoms with Gasteiger partial charge in [-0.25, -0.2) is 21.8 Å². The van der Waals surface area contributed by atoms with E-state index in [0.29, 0.717) is 23.7 Å². The Hall–Kier alpha value is -3.34. The van der Waals surface area contributed by atoms with Gasteiger partial charge in [0.2, 0.25) is 0 Å². The van der Waals surface area contributed by atoms with Crippen molar-refractivity contribution in [3.05, 3.63) is 96.7 Å². The first-order valence-corrected chi connectivity index (χ1v) is 16.3. The molecule has 0 unspecified atom stereocenters. The van der Waals surface area contributed by atoms with Crippen molar-refractivity contribution >= 4 is 54.3 Å². The molecule has 0 aliphatic heterocycles. The number of pyridine rings is 1. The molecule has 7 nitrogen and oxygen atoms in total. The topological polar surface area (TPSA) is 96.4 Å². The molecule has 0 aliphatic carbocycles. The normalized spacial score (nSPS) is 11.8. The first kappa shape index (κ1) is 26.7. The number of benzene rings is 3. The zero-order valence-electron chi connectivity index (χ0n) is 20.6. The van der Waals surface area contributed by atoms with Gasteiger partial charge in [0.05, 0.1) is 22.0 Å². The van der Waals surface area contributed by atoms with Crippen LogP contribution in [-0.4, -0.2) is 40.6 Å². The lowest BCUT2D eigenvalue weighted by atomic mass is 10.1. The second-order valence-corrected chi connectivity index (χ2v) is 13.3. The Morgan fingerprint density at radius 3 is 1.95 bits per heavy atom. The summed E-state index contributed by atoms with van der Waals surface area (Å²) in [5, 5.41) is 3.42. The van der Waals surface area contributed by atoms with Crippen LogP contribution < -0.4 is 10.2 Å². The summed E-state index contributed by atoms with van der Waals surface area (Å²) in [6, 6.07) is 24.9. The minimum Gasteiger partial charge on any atom is -0.339 e. The summed E-state index contributed by atoms with van der Waals surface area (Å²) in [5.41, 5.74) is 2.97. The summed E-state index contributed by atoms with van der Waals surface area (Å²) in [7, 11) is -6.90. The van der Waals surface area contributed by atoms with Gasteiger partial charge in [0.15, 0.2) is 19.7 Å². The van der Waals surface area contributed by atoms with Crippen molar-refractivity contribution in [3.8, 4) is 0 Å². The Kier molecular flexibility index (Phi) is 7.91. The fourth-order valence-electron chi connectivity index (χ4n) is 3.82. The van der Waals surface area contributed by atoms with Gasteiger partial charge in [0.1, 0.15) is 5.82 Å². The van der Waals surface area contributed by atoms with Crippen molar-refractivity contribution < 1.29 is 16.8 Å². The fourth-order valence-corrected chi connectivity index (χ4v) is 5.70. The maximum atomic E-state index is 12.3. The third kappa shape index (κ3) is 6.51. The second-order valence-electron chi connectivity index (χ2n) is 8.46. The quantitative estimate of drug-likeness (QED) is 0.264. The molecule has 3 aromatic carbocycles. The van der Waals surface area contributed by atoms with Gasteiger partial charge in [-0.2, -0.15) is 0 Å². The van der Waals surface area contributed by atoms with Crippen LogP contribution in [0.15, 0.2) is 106 Å². The molecule has 0 fully saturated rings. The van der Waals surface area contributed by atoms with Crippen molar-refractivity contribution in [2.45, 2.75) is 21.2 Å². The molecule has 192 valence electrons. The molecule has 0 saturated heterocycles. The molecule has 37 heavy (non-hydrogen) atoms. The van der Waals surface area contributed by atoms with E-state index in [9.17, 15) is 16.8 Å². The lowest BCUT2D eigenvalue weighted by molar-refractivity contribution is 0.600. The van der Waals surface area contributed by atoms with Gasteiger partial charge in [-0.05, 0) is 60.9 Å². The van der Waals surface area contributed by atoms with Gasteiger partial charge in [0.25, 0.3) is 0 Å². The minimum absolute atomic E-state index is 0.174. The van der Waals surface area contributed by atoms with E-state index in [1.165, 1.54) is 0 Å². The van der Waals surface area contributed by atoms with E-state index < -0.39 is 19.7 Å². The Labute approximate surface area is 222 Å². The van der Waals surface area contributed by atoms with Crippen LogP contribution in [0.5, 0.6) is 0 Å².